The number of carboxylic acids is 1. The number of ether oxygens (including phenoxy) is 1. The Hall–Kier alpha value is -3.41. The van der Waals surface area contributed by atoms with Gasteiger partial charge < -0.3 is 15.6 Å². The number of amidine groups is 1. The molecule has 3 heterocycles. The van der Waals surface area contributed by atoms with Crippen molar-refractivity contribution in [1.82, 2.24) is 9.62 Å². The number of nitrogens with one attached hydrogen (secondary N) is 1. The standard InChI is InChI=1S/C24H24N4O5S2/c1-33-16-8-6-14(7-9-16)12-28-13-19-18(21(24(29)30)22(25)34-19)10-15(28)11-26-23-17-4-2-3-5-20(17)35(31,32)27-23/h2-9,15H,10-13,25H2,1H3,(H,26,27)(H,29,30). The van der Waals surface area contributed by atoms with E-state index in [1.165, 1.54) is 11.3 Å². The molecule has 0 saturated heterocycles. The summed E-state index contributed by atoms with van der Waals surface area (Å²) in [4.78, 5) is 19.9. The molecule has 2 aliphatic rings. The van der Waals surface area contributed by atoms with E-state index >= 15 is 0 Å². The predicted molar refractivity (Wildman–Crippen MR) is 134 cm³/mol. The van der Waals surface area contributed by atoms with Gasteiger partial charge in [0.05, 0.1) is 24.1 Å². The Morgan fingerprint density at radius 3 is 2.71 bits per heavy atom. The Labute approximate surface area is 206 Å². The zero-order chi connectivity index (χ0) is 24.7. The molecule has 0 amide bonds. The van der Waals surface area contributed by atoms with Crippen molar-refractivity contribution in [2.75, 3.05) is 19.4 Å². The highest BCUT2D eigenvalue weighted by Gasteiger charge is 2.34. The summed E-state index contributed by atoms with van der Waals surface area (Å²) in [5, 5.41) is 10.0. The Bertz CT molecular complexity index is 1430. The Balaban J connectivity index is 1.47. The van der Waals surface area contributed by atoms with Gasteiger partial charge in [-0.05, 0) is 41.8 Å². The molecule has 1 atom stereocenters. The van der Waals surface area contributed by atoms with Gasteiger partial charge in [0.1, 0.15) is 16.6 Å². The van der Waals surface area contributed by atoms with Crippen LogP contribution in [-0.4, -0.2) is 49.9 Å². The Morgan fingerprint density at radius 1 is 1.26 bits per heavy atom. The number of sulfonamides is 1. The molecule has 0 saturated carbocycles. The molecule has 0 radical (unpaired) electrons. The van der Waals surface area contributed by atoms with Gasteiger partial charge >= 0.3 is 5.97 Å². The molecule has 35 heavy (non-hydrogen) atoms. The monoisotopic (exact) mass is 512 g/mol. The van der Waals surface area contributed by atoms with Crippen molar-refractivity contribution in [1.29, 1.82) is 0 Å². The smallest absolute Gasteiger partial charge is 0.338 e. The maximum Gasteiger partial charge on any atom is 0.338 e. The quantitative estimate of drug-likeness (QED) is 0.462. The summed E-state index contributed by atoms with van der Waals surface area (Å²) in [6.45, 7) is 1.43. The third-order valence-electron chi connectivity index (χ3n) is 6.30. The fraction of sp³-hybridized carbons (Fsp3) is 0.250. The molecule has 2 aliphatic heterocycles. The number of thiophene rings is 1. The lowest BCUT2D eigenvalue weighted by atomic mass is 9.95. The van der Waals surface area contributed by atoms with E-state index < -0.39 is 16.0 Å². The van der Waals surface area contributed by atoms with E-state index in [2.05, 4.69) is 14.6 Å². The average Bonchev–Trinajstić information content (AvgIpc) is 3.30. The number of aliphatic imine (C=N–C) groups is 1. The Morgan fingerprint density at radius 2 is 2.00 bits per heavy atom. The average molecular weight is 513 g/mol. The number of methoxy groups -OCH3 is 1. The highest BCUT2D eigenvalue weighted by Crippen LogP contribution is 2.38. The molecule has 1 aromatic heterocycles. The summed E-state index contributed by atoms with van der Waals surface area (Å²) < 4.78 is 32.7. The second-order valence-corrected chi connectivity index (χ2v) is 11.2. The number of nitrogen functional groups attached to an aromatic ring is 1. The first-order valence-corrected chi connectivity index (χ1v) is 13.2. The SMILES string of the molecule is COc1ccc(CN2Cc3sc(N)c(C(=O)O)c3CC2CN=C2NS(=O)(=O)c3ccccc32)cc1. The van der Waals surface area contributed by atoms with Crippen LogP contribution in [0, 0.1) is 0 Å². The minimum atomic E-state index is -3.64. The molecule has 5 rings (SSSR count). The first kappa shape index (κ1) is 23.3. The molecule has 0 aliphatic carbocycles. The number of fused-ring (bicyclic) bond motifs is 2. The van der Waals surface area contributed by atoms with Gasteiger partial charge in [-0.15, -0.1) is 11.3 Å². The summed E-state index contributed by atoms with van der Waals surface area (Å²) in [5.41, 5.74) is 8.57. The lowest BCUT2D eigenvalue weighted by Gasteiger charge is -2.35. The highest BCUT2D eigenvalue weighted by molar-refractivity contribution is 7.90. The van der Waals surface area contributed by atoms with Crippen molar-refractivity contribution in [2.24, 2.45) is 4.99 Å². The molecule has 182 valence electrons. The van der Waals surface area contributed by atoms with Crippen LogP contribution >= 0.6 is 11.3 Å². The van der Waals surface area contributed by atoms with E-state index in [0.717, 1.165) is 21.8 Å². The van der Waals surface area contributed by atoms with Gasteiger partial charge in [-0.3, -0.25) is 14.6 Å². The number of hydrogen-bond acceptors (Lipinski definition) is 8. The van der Waals surface area contributed by atoms with E-state index in [4.69, 9.17) is 10.5 Å². The summed E-state index contributed by atoms with van der Waals surface area (Å²) >= 11 is 1.31. The van der Waals surface area contributed by atoms with Crippen molar-refractivity contribution in [3.63, 3.8) is 0 Å². The van der Waals surface area contributed by atoms with Crippen molar-refractivity contribution in [2.45, 2.75) is 30.4 Å². The summed E-state index contributed by atoms with van der Waals surface area (Å²) in [7, 11) is -2.02. The number of carboxylic acid groups (broad SMARTS) is 1. The van der Waals surface area contributed by atoms with Gasteiger partial charge in [-0.2, -0.15) is 0 Å². The molecule has 3 aromatic rings. The molecule has 0 spiro atoms. The third kappa shape index (κ3) is 4.38. The van der Waals surface area contributed by atoms with Crippen LogP contribution in [-0.2, 0) is 29.5 Å². The zero-order valence-corrected chi connectivity index (χ0v) is 20.5. The number of anilines is 1. The lowest BCUT2D eigenvalue weighted by Crippen LogP contribution is -2.42. The van der Waals surface area contributed by atoms with Crippen molar-refractivity contribution >= 4 is 38.2 Å². The normalized spacial score (nSPS) is 19.7. The first-order valence-electron chi connectivity index (χ1n) is 10.9. The number of carbonyl (C=O) groups is 1. The van der Waals surface area contributed by atoms with E-state index in [0.29, 0.717) is 35.9 Å². The molecular formula is C24H24N4O5S2. The molecule has 0 bridgehead atoms. The topological polar surface area (TPSA) is 134 Å². The number of nitrogens with zero attached hydrogens (tertiary/aromatic N) is 2. The minimum absolute atomic E-state index is 0.151. The molecular weight excluding hydrogens is 488 g/mol. The predicted octanol–water partition coefficient (Wildman–Crippen LogP) is 2.70. The summed E-state index contributed by atoms with van der Waals surface area (Å²) in [5.74, 6) is 0.0344. The number of nitrogens with two attached hydrogens (primary N) is 1. The van der Waals surface area contributed by atoms with Gasteiger partial charge in [0.15, 0.2) is 0 Å². The van der Waals surface area contributed by atoms with Crippen LogP contribution < -0.4 is 15.2 Å². The van der Waals surface area contributed by atoms with Gasteiger partial charge in [0.2, 0.25) is 0 Å². The fourth-order valence-electron chi connectivity index (χ4n) is 4.57. The Kier molecular flexibility index (Phi) is 5.99. The largest absolute Gasteiger partial charge is 0.497 e. The van der Waals surface area contributed by atoms with Crippen LogP contribution in [0.1, 0.15) is 31.9 Å². The zero-order valence-electron chi connectivity index (χ0n) is 18.9. The summed E-state index contributed by atoms with van der Waals surface area (Å²) in [6.07, 6.45) is 0.450. The van der Waals surface area contributed by atoms with Crippen LogP contribution in [0.15, 0.2) is 58.4 Å². The molecule has 4 N–H and O–H groups in total. The van der Waals surface area contributed by atoms with E-state index in [1.807, 2.05) is 24.3 Å². The van der Waals surface area contributed by atoms with Crippen LogP contribution in [0.5, 0.6) is 5.75 Å². The van der Waals surface area contributed by atoms with Gasteiger partial charge in [0, 0.05) is 29.6 Å². The second-order valence-electron chi connectivity index (χ2n) is 8.45. The molecule has 2 aromatic carbocycles. The van der Waals surface area contributed by atoms with Crippen LogP contribution in [0.4, 0.5) is 5.00 Å². The van der Waals surface area contributed by atoms with Gasteiger partial charge in [-0.1, -0.05) is 24.3 Å². The van der Waals surface area contributed by atoms with Crippen molar-refractivity contribution in [3.8, 4) is 5.75 Å². The summed E-state index contributed by atoms with van der Waals surface area (Å²) in [6, 6.07) is 14.3. The number of hydrogen-bond donors (Lipinski definition) is 3. The molecule has 1 unspecified atom stereocenters. The minimum Gasteiger partial charge on any atom is -0.497 e. The molecule has 11 heteroatoms. The maximum atomic E-state index is 12.5. The van der Waals surface area contributed by atoms with Crippen LogP contribution in [0.25, 0.3) is 0 Å². The van der Waals surface area contributed by atoms with E-state index in [9.17, 15) is 18.3 Å². The number of aromatic carboxylic acids is 1. The second kappa shape index (κ2) is 8.99. The number of rotatable bonds is 6. The fourth-order valence-corrected chi connectivity index (χ4v) is 6.94. The molecule has 9 nitrogen and oxygen atoms in total. The van der Waals surface area contributed by atoms with Crippen molar-refractivity contribution < 1.29 is 23.1 Å². The molecule has 0 fully saturated rings. The van der Waals surface area contributed by atoms with Crippen LogP contribution in [0.3, 0.4) is 0 Å². The van der Waals surface area contributed by atoms with Crippen LogP contribution in [0.2, 0.25) is 0 Å². The lowest BCUT2D eigenvalue weighted by molar-refractivity contribution is 0.0695. The van der Waals surface area contributed by atoms with Crippen molar-refractivity contribution in [3.05, 3.63) is 75.7 Å². The van der Waals surface area contributed by atoms with E-state index in [1.54, 1.807) is 31.4 Å². The van der Waals surface area contributed by atoms with Gasteiger partial charge in [0.25, 0.3) is 10.0 Å². The first-order chi connectivity index (χ1) is 16.8. The van der Waals surface area contributed by atoms with Gasteiger partial charge in [-0.25, -0.2) is 13.2 Å². The number of benzene rings is 2. The highest BCUT2D eigenvalue weighted by atomic mass is 32.2. The van der Waals surface area contributed by atoms with E-state index in [-0.39, 0.29) is 23.0 Å². The maximum absolute atomic E-state index is 12.5. The third-order valence-corrected chi connectivity index (χ3v) is 8.75.